The van der Waals surface area contributed by atoms with Gasteiger partial charge in [-0.2, -0.15) is 5.26 Å². The summed E-state index contributed by atoms with van der Waals surface area (Å²) in [4.78, 5) is 0. The van der Waals surface area contributed by atoms with Gasteiger partial charge in [0.2, 0.25) is 0 Å². The van der Waals surface area contributed by atoms with Gasteiger partial charge in [0.05, 0.1) is 16.7 Å². The molecule has 0 radical (unpaired) electrons. The lowest BCUT2D eigenvalue weighted by Crippen LogP contribution is -2.12. The monoisotopic (exact) mass is 308 g/mol. The first-order valence-corrected chi connectivity index (χ1v) is 6.45. The minimum Gasteiger partial charge on any atom is -0.387 e. The van der Waals surface area contributed by atoms with Gasteiger partial charge < -0.3 is 10.4 Å². The number of hydrogen-bond donors (Lipinski definition) is 2. The molecular formula is C15H11ClF2N2O. The van der Waals surface area contributed by atoms with E-state index in [1.807, 2.05) is 6.07 Å². The minimum atomic E-state index is -1.01. The molecule has 0 amide bonds. The third-order valence-electron chi connectivity index (χ3n) is 2.92. The van der Waals surface area contributed by atoms with Crippen LogP contribution in [-0.2, 0) is 0 Å². The van der Waals surface area contributed by atoms with Gasteiger partial charge in [0.25, 0.3) is 0 Å². The highest BCUT2D eigenvalue weighted by Gasteiger charge is 2.11. The van der Waals surface area contributed by atoms with Crippen LogP contribution in [0.4, 0.5) is 14.5 Å². The summed E-state index contributed by atoms with van der Waals surface area (Å²) in [5.74, 6) is -1.97. The highest BCUT2D eigenvalue weighted by molar-refractivity contribution is 6.32. The van der Waals surface area contributed by atoms with Crippen LogP contribution < -0.4 is 5.32 Å². The number of nitrogens with zero attached hydrogens (tertiary/aromatic N) is 1. The lowest BCUT2D eigenvalue weighted by molar-refractivity contribution is 0.191. The van der Waals surface area contributed by atoms with Gasteiger partial charge in [0.15, 0.2) is 11.6 Å². The average Bonchev–Trinajstić information content (AvgIpc) is 2.47. The number of benzene rings is 2. The number of nitriles is 1. The van der Waals surface area contributed by atoms with Crippen molar-refractivity contribution in [2.45, 2.75) is 6.10 Å². The number of rotatable bonds is 4. The Hall–Kier alpha value is -2.16. The van der Waals surface area contributed by atoms with Crippen LogP contribution in [0.25, 0.3) is 0 Å². The molecule has 0 aliphatic heterocycles. The summed E-state index contributed by atoms with van der Waals surface area (Å²) in [6.07, 6.45) is -1.01. The van der Waals surface area contributed by atoms with Crippen molar-refractivity contribution in [1.29, 1.82) is 5.26 Å². The van der Waals surface area contributed by atoms with Gasteiger partial charge in [0.1, 0.15) is 6.07 Å². The molecule has 0 aliphatic rings. The molecule has 21 heavy (non-hydrogen) atoms. The minimum absolute atomic E-state index is 0.0906. The lowest BCUT2D eigenvalue weighted by atomic mass is 10.1. The van der Waals surface area contributed by atoms with E-state index < -0.39 is 17.7 Å². The van der Waals surface area contributed by atoms with Gasteiger partial charge in [-0.1, -0.05) is 17.7 Å². The number of aliphatic hydroxyl groups is 1. The molecule has 0 aromatic heterocycles. The summed E-state index contributed by atoms with van der Waals surface area (Å²) in [6.45, 7) is 0.0906. The number of aliphatic hydroxyl groups excluding tert-OH is 1. The zero-order valence-corrected chi connectivity index (χ0v) is 11.5. The van der Waals surface area contributed by atoms with E-state index in [2.05, 4.69) is 5.32 Å². The first-order chi connectivity index (χ1) is 10.0. The maximum Gasteiger partial charge on any atom is 0.159 e. The largest absolute Gasteiger partial charge is 0.387 e. The van der Waals surface area contributed by atoms with Crippen LogP contribution in [0.1, 0.15) is 17.2 Å². The van der Waals surface area contributed by atoms with Crippen molar-refractivity contribution in [2.75, 3.05) is 11.9 Å². The van der Waals surface area contributed by atoms with Crippen LogP contribution in [0.2, 0.25) is 5.02 Å². The number of nitrogens with one attached hydrogen (secondary N) is 1. The molecule has 0 bridgehead atoms. The van der Waals surface area contributed by atoms with Crippen molar-refractivity contribution in [3.05, 3.63) is 64.2 Å². The lowest BCUT2D eigenvalue weighted by Gasteiger charge is -2.14. The van der Waals surface area contributed by atoms with Crippen molar-refractivity contribution < 1.29 is 13.9 Å². The van der Waals surface area contributed by atoms with Gasteiger partial charge in [-0.05, 0) is 35.9 Å². The van der Waals surface area contributed by atoms with E-state index in [-0.39, 0.29) is 12.1 Å². The van der Waals surface area contributed by atoms with Gasteiger partial charge in [-0.3, -0.25) is 0 Å². The zero-order chi connectivity index (χ0) is 15.4. The Kier molecular flexibility index (Phi) is 4.73. The van der Waals surface area contributed by atoms with Gasteiger partial charge in [0, 0.05) is 12.2 Å². The second kappa shape index (κ2) is 6.53. The maximum atomic E-state index is 13.1. The molecule has 3 nitrogen and oxygen atoms in total. The maximum absolute atomic E-state index is 13.1. The van der Waals surface area contributed by atoms with E-state index in [0.29, 0.717) is 16.3 Å². The van der Waals surface area contributed by atoms with Crippen molar-refractivity contribution in [2.24, 2.45) is 0 Å². The molecule has 0 aliphatic carbocycles. The summed E-state index contributed by atoms with van der Waals surface area (Å²) >= 11 is 5.88. The Labute approximate surface area is 125 Å². The van der Waals surface area contributed by atoms with E-state index in [4.69, 9.17) is 16.9 Å². The summed E-state index contributed by atoms with van der Waals surface area (Å²) in [6, 6.07) is 9.92. The molecule has 0 spiro atoms. The molecule has 2 aromatic rings. The van der Waals surface area contributed by atoms with Crippen LogP contribution in [0.5, 0.6) is 0 Å². The molecule has 0 fully saturated rings. The summed E-state index contributed by atoms with van der Waals surface area (Å²) in [5, 5.41) is 21.9. The quantitative estimate of drug-likeness (QED) is 0.906. The fraction of sp³-hybridized carbons (Fsp3) is 0.133. The van der Waals surface area contributed by atoms with Crippen molar-refractivity contribution in [1.82, 2.24) is 0 Å². The number of halogens is 3. The molecule has 2 rings (SSSR count). The van der Waals surface area contributed by atoms with Crippen molar-refractivity contribution >= 4 is 17.3 Å². The summed E-state index contributed by atoms with van der Waals surface area (Å²) in [5.41, 5.74) is 1.23. The second-order valence-electron chi connectivity index (χ2n) is 4.38. The molecule has 6 heteroatoms. The highest BCUT2D eigenvalue weighted by Crippen LogP contribution is 2.22. The van der Waals surface area contributed by atoms with Crippen LogP contribution in [0.15, 0.2) is 36.4 Å². The predicted molar refractivity (Wildman–Crippen MR) is 76.0 cm³/mol. The Morgan fingerprint density at radius 3 is 2.57 bits per heavy atom. The number of hydrogen-bond acceptors (Lipinski definition) is 3. The van der Waals surface area contributed by atoms with Crippen LogP contribution >= 0.6 is 11.6 Å². The molecule has 108 valence electrons. The Bertz CT molecular complexity index is 701. The summed E-state index contributed by atoms with van der Waals surface area (Å²) < 4.78 is 25.9. The van der Waals surface area contributed by atoms with Crippen LogP contribution in [0, 0.1) is 23.0 Å². The van der Waals surface area contributed by atoms with Crippen molar-refractivity contribution in [3.8, 4) is 6.07 Å². The fourth-order valence-corrected chi connectivity index (χ4v) is 1.99. The van der Waals surface area contributed by atoms with Gasteiger partial charge in [-0.25, -0.2) is 8.78 Å². The number of anilines is 1. The normalized spacial score (nSPS) is 11.8. The molecule has 1 unspecified atom stereocenters. The topological polar surface area (TPSA) is 56.0 Å². The third-order valence-corrected chi connectivity index (χ3v) is 3.23. The Morgan fingerprint density at radius 1 is 1.19 bits per heavy atom. The van der Waals surface area contributed by atoms with E-state index >= 15 is 0 Å². The first kappa shape index (κ1) is 15.2. The molecule has 2 aromatic carbocycles. The van der Waals surface area contributed by atoms with Crippen LogP contribution in [-0.4, -0.2) is 11.7 Å². The molecule has 2 N–H and O–H groups in total. The van der Waals surface area contributed by atoms with Gasteiger partial charge in [-0.15, -0.1) is 0 Å². The molecule has 0 saturated carbocycles. The molecule has 0 saturated heterocycles. The molecule has 1 atom stereocenters. The first-order valence-electron chi connectivity index (χ1n) is 6.08. The fourth-order valence-electron chi connectivity index (χ4n) is 1.77. The zero-order valence-electron chi connectivity index (χ0n) is 10.8. The van der Waals surface area contributed by atoms with Crippen molar-refractivity contribution in [3.63, 3.8) is 0 Å². The average molecular weight is 309 g/mol. The highest BCUT2D eigenvalue weighted by atomic mass is 35.5. The van der Waals surface area contributed by atoms with Crippen LogP contribution in [0.3, 0.4) is 0 Å². The van der Waals surface area contributed by atoms with E-state index in [1.165, 1.54) is 6.07 Å². The molecule has 0 heterocycles. The third kappa shape index (κ3) is 3.69. The Morgan fingerprint density at radius 2 is 1.95 bits per heavy atom. The standard InChI is InChI=1S/C15H11ClF2N2O/c16-12-6-11(3-1-10(12)7-19)20-8-15(21)9-2-4-13(17)14(18)5-9/h1-6,15,20-21H,8H2. The molecular weight excluding hydrogens is 298 g/mol. The predicted octanol–water partition coefficient (Wildman–Crippen LogP) is 3.64. The second-order valence-corrected chi connectivity index (χ2v) is 4.78. The smallest absolute Gasteiger partial charge is 0.159 e. The van der Waals surface area contributed by atoms with E-state index in [0.717, 1.165) is 12.1 Å². The van der Waals surface area contributed by atoms with Gasteiger partial charge >= 0.3 is 0 Å². The summed E-state index contributed by atoms with van der Waals surface area (Å²) in [7, 11) is 0. The van der Waals surface area contributed by atoms with E-state index in [9.17, 15) is 13.9 Å². The van der Waals surface area contributed by atoms with E-state index in [1.54, 1.807) is 18.2 Å². The SMILES string of the molecule is N#Cc1ccc(NCC(O)c2ccc(F)c(F)c2)cc1Cl. The Balaban J connectivity index is 2.04.